The van der Waals surface area contributed by atoms with Gasteiger partial charge in [-0.05, 0) is 38.0 Å². The zero-order valence-corrected chi connectivity index (χ0v) is 15.3. The van der Waals surface area contributed by atoms with E-state index in [0.717, 1.165) is 25.7 Å². The van der Waals surface area contributed by atoms with Crippen LogP contribution in [0.2, 0.25) is 0 Å². The monoisotopic (exact) mass is 346 g/mol. The molecule has 0 saturated carbocycles. The van der Waals surface area contributed by atoms with E-state index in [1.807, 2.05) is 0 Å². The number of aliphatic hydroxyl groups is 2. The highest BCUT2D eigenvalue weighted by molar-refractivity contribution is 5.41. The molecule has 0 bridgehead atoms. The van der Waals surface area contributed by atoms with Gasteiger partial charge in [0.15, 0.2) is 0 Å². The second-order valence-electron chi connectivity index (χ2n) is 8.54. The van der Waals surface area contributed by atoms with Crippen molar-refractivity contribution < 1.29 is 19.7 Å². The Morgan fingerprint density at radius 2 is 1.88 bits per heavy atom. The van der Waals surface area contributed by atoms with Crippen LogP contribution in [0.5, 0.6) is 0 Å². The number of hydrogen-bond donors (Lipinski definition) is 2. The third-order valence-electron chi connectivity index (χ3n) is 7.49. The molecule has 3 unspecified atom stereocenters. The zero-order chi connectivity index (χ0) is 17.7. The summed E-state index contributed by atoms with van der Waals surface area (Å²) in [7, 11) is 0. The summed E-state index contributed by atoms with van der Waals surface area (Å²) in [6.07, 6.45) is 14.6. The summed E-state index contributed by atoms with van der Waals surface area (Å²) in [5, 5.41) is 18.3. The van der Waals surface area contributed by atoms with Gasteiger partial charge in [-0.25, -0.2) is 0 Å². The summed E-state index contributed by atoms with van der Waals surface area (Å²) in [5.41, 5.74) is 3.43. The summed E-state index contributed by atoms with van der Waals surface area (Å²) >= 11 is 0. The topological polar surface area (TPSA) is 58.9 Å². The quantitative estimate of drug-likeness (QED) is 0.606. The van der Waals surface area contributed by atoms with E-state index in [4.69, 9.17) is 14.6 Å². The molecule has 0 heterocycles. The third-order valence-corrected chi connectivity index (χ3v) is 7.49. The first-order chi connectivity index (χ1) is 12.0. The Morgan fingerprint density at radius 3 is 2.64 bits per heavy atom. The molecule has 25 heavy (non-hydrogen) atoms. The standard InChI is InChI=1S/C21H30O4/c1-20-9-7-15(24-12-22)11-14(20)3-4-16-17-5-6-19(25-13-23)21(17,2)10-8-18(16)20/h5-7,9,14-15,17,19,22-23H,3-4,8,10-13H2,1-2H3/t14?,15?,17-,19?,20-,21-/m0/s1. The Labute approximate surface area is 150 Å². The summed E-state index contributed by atoms with van der Waals surface area (Å²) in [6, 6.07) is 0. The lowest BCUT2D eigenvalue weighted by Crippen LogP contribution is -2.45. The van der Waals surface area contributed by atoms with Crippen LogP contribution in [0.25, 0.3) is 0 Å². The van der Waals surface area contributed by atoms with Crippen molar-refractivity contribution in [2.45, 2.75) is 58.2 Å². The molecule has 138 valence electrons. The lowest BCUT2D eigenvalue weighted by atomic mass is 9.53. The highest BCUT2D eigenvalue weighted by atomic mass is 16.6. The summed E-state index contributed by atoms with van der Waals surface area (Å²) < 4.78 is 11.1. The van der Waals surface area contributed by atoms with Gasteiger partial charge in [-0.2, -0.15) is 0 Å². The molecule has 4 aliphatic rings. The molecule has 4 heteroatoms. The molecule has 0 aromatic carbocycles. The smallest absolute Gasteiger partial charge is 0.144 e. The van der Waals surface area contributed by atoms with Crippen LogP contribution >= 0.6 is 0 Å². The molecule has 0 aromatic rings. The average Bonchev–Trinajstić information content (AvgIpc) is 2.93. The lowest BCUT2D eigenvalue weighted by molar-refractivity contribution is -0.0853. The predicted molar refractivity (Wildman–Crippen MR) is 95.5 cm³/mol. The fourth-order valence-corrected chi connectivity index (χ4v) is 5.99. The first-order valence-electron chi connectivity index (χ1n) is 9.58. The maximum Gasteiger partial charge on any atom is 0.144 e. The lowest BCUT2D eigenvalue weighted by Gasteiger charge is -2.52. The molecule has 4 rings (SSSR count). The van der Waals surface area contributed by atoms with E-state index in [2.05, 4.69) is 38.2 Å². The van der Waals surface area contributed by atoms with E-state index in [0.29, 0.717) is 11.8 Å². The van der Waals surface area contributed by atoms with E-state index >= 15 is 0 Å². The Morgan fingerprint density at radius 1 is 1.08 bits per heavy atom. The molecular weight excluding hydrogens is 316 g/mol. The van der Waals surface area contributed by atoms with Gasteiger partial charge in [0.05, 0.1) is 12.2 Å². The van der Waals surface area contributed by atoms with Crippen LogP contribution in [0.15, 0.2) is 35.5 Å². The second-order valence-corrected chi connectivity index (χ2v) is 8.54. The van der Waals surface area contributed by atoms with Gasteiger partial charge in [0.25, 0.3) is 0 Å². The number of ether oxygens (including phenoxy) is 2. The molecule has 6 atom stereocenters. The van der Waals surface area contributed by atoms with Crippen LogP contribution in [-0.2, 0) is 9.47 Å². The van der Waals surface area contributed by atoms with E-state index in [9.17, 15) is 5.11 Å². The van der Waals surface area contributed by atoms with Crippen molar-refractivity contribution in [3.63, 3.8) is 0 Å². The Hall–Kier alpha value is -0.940. The van der Waals surface area contributed by atoms with Crippen molar-refractivity contribution in [3.8, 4) is 0 Å². The van der Waals surface area contributed by atoms with E-state index in [1.54, 1.807) is 11.1 Å². The molecule has 4 nitrogen and oxygen atoms in total. The van der Waals surface area contributed by atoms with Crippen molar-refractivity contribution in [1.29, 1.82) is 0 Å². The maximum absolute atomic E-state index is 9.22. The molecule has 2 N–H and O–H groups in total. The normalized spacial score (nSPS) is 45.3. The average molecular weight is 346 g/mol. The highest BCUT2D eigenvalue weighted by Gasteiger charge is 2.53. The van der Waals surface area contributed by atoms with Crippen LogP contribution < -0.4 is 0 Å². The van der Waals surface area contributed by atoms with Crippen molar-refractivity contribution in [2.24, 2.45) is 22.7 Å². The van der Waals surface area contributed by atoms with Crippen molar-refractivity contribution in [1.82, 2.24) is 0 Å². The first kappa shape index (κ1) is 17.5. The van der Waals surface area contributed by atoms with E-state index in [-0.39, 0.29) is 36.6 Å². The van der Waals surface area contributed by atoms with Crippen molar-refractivity contribution in [2.75, 3.05) is 13.6 Å². The fourth-order valence-electron chi connectivity index (χ4n) is 5.99. The third kappa shape index (κ3) is 2.57. The number of rotatable bonds is 4. The van der Waals surface area contributed by atoms with Gasteiger partial charge < -0.3 is 19.7 Å². The minimum Gasteiger partial charge on any atom is -0.371 e. The van der Waals surface area contributed by atoms with Crippen molar-refractivity contribution in [3.05, 3.63) is 35.5 Å². The van der Waals surface area contributed by atoms with Crippen LogP contribution in [0, 0.1) is 22.7 Å². The first-order valence-corrected chi connectivity index (χ1v) is 9.58. The van der Waals surface area contributed by atoms with E-state index in [1.165, 1.54) is 6.42 Å². The number of aliphatic hydroxyl groups excluding tert-OH is 2. The largest absolute Gasteiger partial charge is 0.371 e. The van der Waals surface area contributed by atoms with Gasteiger partial charge in [-0.3, -0.25) is 0 Å². The molecule has 0 radical (unpaired) electrons. The molecule has 0 aromatic heterocycles. The number of fused-ring (bicyclic) bond motifs is 4. The van der Waals surface area contributed by atoms with Crippen LogP contribution in [0.3, 0.4) is 0 Å². The Kier molecular flexibility index (Phi) is 4.43. The second kappa shape index (κ2) is 6.34. The van der Waals surface area contributed by atoms with Crippen LogP contribution in [0.1, 0.15) is 46.0 Å². The Balaban J connectivity index is 1.66. The highest BCUT2D eigenvalue weighted by Crippen LogP contribution is 2.61. The van der Waals surface area contributed by atoms with Crippen LogP contribution in [-0.4, -0.2) is 36.0 Å². The van der Waals surface area contributed by atoms with Crippen LogP contribution in [0.4, 0.5) is 0 Å². The number of hydrogen-bond acceptors (Lipinski definition) is 4. The molecule has 0 saturated heterocycles. The van der Waals surface area contributed by atoms with Gasteiger partial charge in [0, 0.05) is 16.7 Å². The van der Waals surface area contributed by atoms with Gasteiger partial charge in [0.1, 0.15) is 13.6 Å². The number of allylic oxidation sites excluding steroid dienone is 4. The Bertz CT molecular complexity index is 621. The van der Waals surface area contributed by atoms with Gasteiger partial charge in [0.2, 0.25) is 0 Å². The van der Waals surface area contributed by atoms with Gasteiger partial charge >= 0.3 is 0 Å². The molecule has 4 aliphatic carbocycles. The van der Waals surface area contributed by atoms with Crippen molar-refractivity contribution >= 4 is 0 Å². The summed E-state index contributed by atoms with van der Waals surface area (Å²) in [4.78, 5) is 0. The summed E-state index contributed by atoms with van der Waals surface area (Å²) in [6.45, 7) is 4.29. The predicted octanol–water partition coefficient (Wildman–Crippen LogP) is 3.32. The zero-order valence-electron chi connectivity index (χ0n) is 15.3. The summed E-state index contributed by atoms with van der Waals surface area (Å²) in [5.74, 6) is 1.03. The molecular formula is C21H30O4. The minimum absolute atomic E-state index is 0.0197. The maximum atomic E-state index is 9.22. The minimum atomic E-state index is -0.210. The van der Waals surface area contributed by atoms with E-state index < -0.39 is 0 Å². The van der Waals surface area contributed by atoms with Gasteiger partial charge in [-0.15, -0.1) is 0 Å². The molecule has 0 amide bonds. The molecule has 0 fully saturated rings. The fraction of sp³-hybridized carbons (Fsp3) is 0.714. The molecule has 0 aliphatic heterocycles. The van der Waals surface area contributed by atoms with Gasteiger partial charge in [-0.1, -0.05) is 49.3 Å². The SMILES string of the molecule is C[C@]12C=CC(OCO)CC1CCC1=C2CC[C@]2(C)C(OCO)C=C[C@@H]12. The molecule has 0 spiro atoms.